The maximum absolute atomic E-state index is 13.5. The second kappa shape index (κ2) is 10.2. The lowest BCUT2D eigenvalue weighted by atomic mass is 10.00. The SMILES string of the molecule is CN(CCc1cccs1)C(=O)[C@@H](Cc1ccc2ccccc2c1)N(C)C(=O)OC(C)(C)C. The third kappa shape index (κ3) is 6.33. The lowest BCUT2D eigenvalue weighted by Crippen LogP contribution is -2.51. The molecule has 0 saturated heterocycles. The van der Waals surface area contributed by atoms with Crippen molar-refractivity contribution in [3.05, 3.63) is 70.4 Å². The number of hydrogen-bond acceptors (Lipinski definition) is 4. The van der Waals surface area contributed by atoms with Gasteiger partial charge >= 0.3 is 6.09 Å². The van der Waals surface area contributed by atoms with Crippen LogP contribution in [0.4, 0.5) is 4.79 Å². The van der Waals surface area contributed by atoms with Crippen molar-refractivity contribution in [2.75, 3.05) is 20.6 Å². The van der Waals surface area contributed by atoms with Crippen LogP contribution in [0, 0.1) is 0 Å². The Labute approximate surface area is 194 Å². The third-order valence-electron chi connectivity index (χ3n) is 5.33. The summed E-state index contributed by atoms with van der Waals surface area (Å²) in [5.74, 6) is -0.0944. The van der Waals surface area contributed by atoms with Gasteiger partial charge in [0.2, 0.25) is 5.91 Å². The van der Waals surface area contributed by atoms with Crippen LogP contribution >= 0.6 is 11.3 Å². The van der Waals surface area contributed by atoms with Crippen LogP contribution < -0.4 is 0 Å². The van der Waals surface area contributed by atoms with Crippen LogP contribution in [0.3, 0.4) is 0 Å². The predicted molar refractivity (Wildman–Crippen MR) is 131 cm³/mol. The maximum Gasteiger partial charge on any atom is 0.410 e. The number of thiophene rings is 1. The number of likely N-dealkylation sites (N-methyl/N-ethyl adjacent to an activating group) is 2. The molecular weight excluding hydrogens is 420 g/mol. The normalized spacial score (nSPS) is 12.4. The van der Waals surface area contributed by atoms with Gasteiger partial charge in [0.05, 0.1) is 0 Å². The molecule has 2 aromatic carbocycles. The molecule has 0 N–H and O–H groups in total. The largest absolute Gasteiger partial charge is 0.444 e. The van der Waals surface area contributed by atoms with Crippen molar-refractivity contribution in [1.29, 1.82) is 0 Å². The fourth-order valence-electron chi connectivity index (χ4n) is 3.54. The first kappa shape index (κ1) is 23.8. The molecule has 0 aliphatic heterocycles. The van der Waals surface area contributed by atoms with Crippen LogP contribution in [0.5, 0.6) is 0 Å². The average molecular weight is 453 g/mol. The lowest BCUT2D eigenvalue weighted by molar-refractivity contribution is -0.135. The van der Waals surface area contributed by atoms with Crippen molar-refractivity contribution in [3.63, 3.8) is 0 Å². The Hall–Kier alpha value is -2.86. The van der Waals surface area contributed by atoms with Crippen molar-refractivity contribution >= 4 is 34.1 Å². The summed E-state index contributed by atoms with van der Waals surface area (Å²) < 4.78 is 5.56. The molecule has 0 radical (unpaired) electrons. The lowest BCUT2D eigenvalue weighted by Gasteiger charge is -2.32. The van der Waals surface area contributed by atoms with Crippen molar-refractivity contribution in [3.8, 4) is 0 Å². The van der Waals surface area contributed by atoms with Crippen molar-refractivity contribution in [1.82, 2.24) is 9.80 Å². The van der Waals surface area contributed by atoms with Gasteiger partial charge in [0.1, 0.15) is 11.6 Å². The van der Waals surface area contributed by atoms with Crippen LogP contribution in [0.15, 0.2) is 60.0 Å². The molecule has 0 unspecified atom stereocenters. The number of benzene rings is 2. The molecule has 3 rings (SSSR count). The van der Waals surface area contributed by atoms with E-state index in [4.69, 9.17) is 4.74 Å². The zero-order valence-corrected chi connectivity index (χ0v) is 20.3. The second-order valence-corrected chi connectivity index (χ2v) is 10.1. The average Bonchev–Trinajstić information content (AvgIpc) is 3.27. The van der Waals surface area contributed by atoms with Crippen LogP contribution in [-0.2, 0) is 22.4 Å². The van der Waals surface area contributed by atoms with Crippen molar-refractivity contribution in [2.45, 2.75) is 45.3 Å². The summed E-state index contributed by atoms with van der Waals surface area (Å²) in [6, 6.07) is 17.7. The molecule has 5 nitrogen and oxygen atoms in total. The molecule has 0 fully saturated rings. The Morgan fingerprint density at radius 1 is 1.00 bits per heavy atom. The monoisotopic (exact) mass is 452 g/mol. The van der Waals surface area contributed by atoms with Gasteiger partial charge in [0.15, 0.2) is 0 Å². The maximum atomic E-state index is 13.5. The molecule has 2 amide bonds. The van der Waals surface area contributed by atoms with Crippen LogP contribution in [0.2, 0.25) is 0 Å². The molecule has 1 aromatic heterocycles. The van der Waals surface area contributed by atoms with Gasteiger partial charge in [-0.05, 0) is 55.0 Å². The van der Waals surface area contributed by atoms with E-state index in [-0.39, 0.29) is 5.91 Å². The minimum Gasteiger partial charge on any atom is -0.444 e. The van der Waals surface area contributed by atoms with E-state index in [9.17, 15) is 9.59 Å². The smallest absolute Gasteiger partial charge is 0.410 e. The van der Waals surface area contributed by atoms with Crippen LogP contribution in [0.1, 0.15) is 31.2 Å². The van der Waals surface area contributed by atoms with Gasteiger partial charge in [-0.3, -0.25) is 9.69 Å². The minimum atomic E-state index is -0.653. The number of nitrogens with zero attached hydrogens (tertiary/aromatic N) is 2. The Morgan fingerprint density at radius 2 is 1.72 bits per heavy atom. The summed E-state index contributed by atoms with van der Waals surface area (Å²) >= 11 is 1.68. The highest BCUT2D eigenvalue weighted by Crippen LogP contribution is 2.20. The standard InChI is InChI=1S/C26H32N2O3S/c1-26(2,3)31-25(30)28(5)23(24(29)27(4)15-14-22-11-8-16-32-22)18-19-12-13-20-9-6-7-10-21(20)17-19/h6-13,16-17,23H,14-15,18H2,1-5H3/t23-/m1/s1. The van der Waals surface area contributed by atoms with E-state index in [2.05, 4.69) is 30.3 Å². The van der Waals surface area contributed by atoms with Crippen molar-refractivity contribution in [2.24, 2.45) is 0 Å². The Balaban J connectivity index is 1.81. The fraction of sp³-hybridized carbons (Fsp3) is 0.385. The molecule has 0 aliphatic rings. The highest BCUT2D eigenvalue weighted by Gasteiger charge is 2.32. The summed E-state index contributed by atoms with van der Waals surface area (Å²) in [6.07, 6.45) is 0.713. The van der Waals surface area contributed by atoms with E-state index in [0.717, 1.165) is 22.8 Å². The topological polar surface area (TPSA) is 49.9 Å². The fourth-order valence-corrected chi connectivity index (χ4v) is 4.24. The first-order valence-corrected chi connectivity index (χ1v) is 11.7. The highest BCUT2D eigenvalue weighted by atomic mass is 32.1. The first-order valence-electron chi connectivity index (χ1n) is 10.8. The second-order valence-electron chi connectivity index (χ2n) is 9.08. The number of amides is 2. The number of rotatable bonds is 7. The summed E-state index contributed by atoms with van der Waals surface area (Å²) in [7, 11) is 3.44. The molecule has 0 spiro atoms. The summed E-state index contributed by atoms with van der Waals surface area (Å²) in [5, 5.41) is 4.30. The molecule has 0 aliphatic carbocycles. The van der Waals surface area contributed by atoms with E-state index < -0.39 is 17.7 Å². The third-order valence-corrected chi connectivity index (χ3v) is 6.26. The van der Waals surface area contributed by atoms with E-state index in [1.54, 1.807) is 30.3 Å². The van der Waals surface area contributed by atoms with E-state index in [1.165, 1.54) is 9.78 Å². The number of ether oxygens (including phenoxy) is 1. The highest BCUT2D eigenvalue weighted by molar-refractivity contribution is 7.09. The van der Waals surface area contributed by atoms with Gasteiger partial charge in [-0.2, -0.15) is 0 Å². The number of carbonyl (C=O) groups is 2. The quantitative estimate of drug-likeness (QED) is 0.484. The number of fused-ring (bicyclic) bond motifs is 1. The number of hydrogen-bond donors (Lipinski definition) is 0. The van der Waals surface area contributed by atoms with Gasteiger partial charge in [-0.25, -0.2) is 4.79 Å². The molecule has 0 saturated carbocycles. The van der Waals surface area contributed by atoms with Gasteiger partial charge in [-0.15, -0.1) is 11.3 Å². The van der Waals surface area contributed by atoms with E-state index in [1.807, 2.05) is 50.4 Å². The minimum absolute atomic E-state index is 0.0944. The summed E-state index contributed by atoms with van der Waals surface area (Å²) in [5.41, 5.74) is 0.372. The molecule has 170 valence electrons. The van der Waals surface area contributed by atoms with Gasteiger partial charge < -0.3 is 9.64 Å². The first-order chi connectivity index (χ1) is 15.1. The van der Waals surface area contributed by atoms with Crippen LogP contribution in [0.25, 0.3) is 10.8 Å². The van der Waals surface area contributed by atoms with Crippen LogP contribution in [-0.4, -0.2) is 54.1 Å². The zero-order valence-electron chi connectivity index (χ0n) is 19.5. The Bertz CT molecular complexity index is 1060. The molecule has 6 heteroatoms. The Morgan fingerprint density at radius 3 is 2.38 bits per heavy atom. The predicted octanol–water partition coefficient (Wildman–Crippen LogP) is 5.38. The molecule has 0 bridgehead atoms. The molecule has 32 heavy (non-hydrogen) atoms. The molecule has 1 atom stereocenters. The molecule has 3 aromatic rings. The van der Waals surface area contributed by atoms with Gasteiger partial charge in [0.25, 0.3) is 0 Å². The van der Waals surface area contributed by atoms with E-state index >= 15 is 0 Å². The van der Waals surface area contributed by atoms with Crippen molar-refractivity contribution < 1.29 is 14.3 Å². The molecule has 1 heterocycles. The molecular formula is C26H32N2O3S. The van der Waals surface area contributed by atoms with Gasteiger partial charge in [0, 0.05) is 31.9 Å². The summed E-state index contributed by atoms with van der Waals surface area (Å²) in [6.45, 7) is 6.07. The van der Waals surface area contributed by atoms with Gasteiger partial charge in [-0.1, -0.05) is 48.5 Å². The zero-order chi connectivity index (χ0) is 23.3. The summed E-state index contributed by atoms with van der Waals surface area (Å²) in [4.78, 5) is 30.7. The Kier molecular flexibility index (Phi) is 7.56. The van der Waals surface area contributed by atoms with E-state index in [0.29, 0.717) is 13.0 Å². The number of carbonyl (C=O) groups excluding carboxylic acids is 2.